The molecule has 0 spiro atoms. The molecule has 2 aliphatic rings. The minimum Gasteiger partial charge on any atom is -0.493 e. The molecule has 1 aliphatic heterocycles. The van der Waals surface area contributed by atoms with E-state index in [1.54, 1.807) is 0 Å². The number of ether oxygens (including phenoxy) is 1. The third-order valence-corrected chi connectivity index (χ3v) is 7.97. The minimum absolute atomic E-state index is 0.150. The predicted octanol–water partition coefficient (Wildman–Crippen LogP) is 4.12. The van der Waals surface area contributed by atoms with Crippen LogP contribution in [-0.4, -0.2) is 26.5 Å². The molecule has 5 heteroatoms. The van der Waals surface area contributed by atoms with Crippen molar-refractivity contribution in [2.45, 2.75) is 45.6 Å². The number of hydrogen-bond acceptors (Lipinski definition) is 4. The van der Waals surface area contributed by atoms with Crippen LogP contribution in [0.15, 0.2) is 30.3 Å². The highest BCUT2D eigenvalue weighted by atomic mass is 32.2. The lowest BCUT2D eigenvalue weighted by Crippen LogP contribution is -2.26. The molecule has 0 bridgehead atoms. The van der Waals surface area contributed by atoms with Gasteiger partial charge in [0.1, 0.15) is 15.6 Å². The Morgan fingerprint density at radius 1 is 1.07 bits per heavy atom. The maximum Gasteiger partial charge on any atom is 0.150 e. The Morgan fingerprint density at radius 2 is 1.75 bits per heavy atom. The zero-order valence-electron chi connectivity index (χ0n) is 16.7. The SMILES string of the molecule is Cc1cc(OCC2CCS(=O)(=O)CC2)cc(C)c1-c1cccc2c1CC[C@H]2N. The van der Waals surface area contributed by atoms with Crippen molar-refractivity contribution in [1.82, 2.24) is 0 Å². The maximum atomic E-state index is 11.6. The summed E-state index contributed by atoms with van der Waals surface area (Å²) < 4.78 is 29.2. The van der Waals surface area contributed by atoms with Gasteiger partial charge in [0.05, 0.1) is 18.1 Å². The van der Waals surface area contributed by atoms with Crippen LogP contribution >= 0.6 is 0 Å². The van der Waals surface area contributed by atoms with Crippen molar-refractivity contribution < 1.29 is 13.2 Å². The highest BCUT2D eigenvalue weighted by Gasteiger charge is 2.25. The molecule has 4 nitrogen and oxygen atoms in total. The molecule has 2 aromatic rings. The molecule has 1 saturated heterocycles. The zero-order valence-corrected chi connectivity index (χ0v) is 17.5. The summed E-state index contributed by atoms with van der Waals surface area (Å²) in [6, 6.07) is 10.8. The third kappa shape index (κ3) is 3.83. The summed E-state index contributed by atoms with van der Waals surface area (Å²) in [4.78, 5) is 0. The summed E-state index contributed by atoms with van der Waals surface area (Å²) in [6.07, 6.45) is 3.46. The van der Waals surface area contributed by atoms with Gasteiger partial charge in [0.2, 0.25) is 0 Å². The van der Waals surface area contributed by atoms with Crippen molar-refractivity contribution in [3.63, 3.8) is 0 Å². The maximum absolute atomic E-state index is 11.6. The quantitative estimate of drug-likeness (QED) is 0.840. The summed E-state index contributed by atoms with van der Waals surface area (Å²) in [5.74, 6) is 1.78. The second-order valence-electron chi connectivity index (χ2n) is 8.36. The molecular weight excluding hydrogens is 370 g/mol. The van der Waals surface area contributed by atoms with Gasteiger partial charge in [-0.3, -0.25) is 0 Å². The minimum atomic E-state index is -2.82. The average molecular weight is 400 g/mol. The van der Waals surface area contributed by atoms with E-state index in [1.165, 1.54) is 33.4 Å². The van der Waals surface area contributed by atoms with E-state index in [0.29, 0.717) is 36.9 Å². The third-order valence-electron chi connectivity index (χ3n) is 6.25. The summed E-state index contributed by atoms with van der Waals surface area (Å²) >= 11 is 0. The van der Waals surface area contributed by atoms with Gasteiger partial charge in [-0.2, -0.15) is 0 Å². The lowest BCUT2D eigenvalue weighted by Gasteiger charge is -2.23. The topological polar surface area (TPSA) is 69.4 Å². The van der Waals surface area contributed by atoms with E-state index >= 15 is 0 Å². The number of rotatable bonds is 4. The smallest absolute Gasteiger partial charge is 0.150 e. The molecule has 0 aromatic heterocycles. The Morgan fingerprint density at radius 3 is 2.43 bits per heavy atom. The van der Waals surface area contributed by atoms with Crippen LogP contribution in [0.4, 0.5) is 0 Å². The van der Waals surface area contributed by atoms with Crippen molar-refractivity contribution in [2.24, 2.45) is 11.7 Å². The highest BCUT2D eigenvalue weighted by Crippen LogP contribution is 2.40. The first-order chi connectivity index (χ1) is 13.3. The van der Waals surface area contributed by atoms with Gasteiger partial charge in [0.25, 0.3) is 0 Å². The fraction of sp³-hybridized carbons (Fsp3) is 0.478. The molecule has 1 fully saturated rings. The predicted molar refractivity (Wildman–Crippen MR) is 113 cm³/mol. The largest absolute Gasteiger partial charge is 0.493 e. The number of benzene rings is 2. The second kappa shape index (κ2) is 7.53. The zero-order chi connectivity index (χ0) is 19.9. The Hall–Kier alpha value is -1.85. The van der Waals surface area contributed by atoms with Crippen molar-refractivity contribution in [2.75, 3.05) is 18.1 Å². The van der Waals surface area contributed by atoms with Crippen molar-refractivity contribution in [3.8, 4) is 16.9 Å². The Balaban J connectivity index is 1.54. The van der Waals surface area contributed by atoms with Crippen LogP contribution in [0, 0.1) is 19.8 Å². The van der Waals surface area contributed by atoms with Gasteiger partial charge >= 0.3 is 0 Å². The summed E-state index contributed by atoms with van der Waals surface area (Å²) in [7, 11) is -2.82. The highest BCUT2D eigenvalue weighted by molar-refractivity contribution is 7.91. The molecule has 2 N–H and O–H groups in total. The number of nitrogens with two attached hydrogens (primary N) is 1. The molecule has 0 amide bonds. The molecule has 1 aliphatic carbocycles. The van der Waals surface area contributed by atoms with Crippen LogP contribution in [0.25, 0.3) is 11.1 Å². The summed E-state index contributed by atoms with van der Waals surface area (Å²) in [5.41, 5.74) is 13.9. The van der Waals surface area contributed by atoms with Gasteiger partial charge < -0.3 is 10.5 Å². The van der Waals surface area contributed by atoms with Gasteiger partial charge in [0.15, 0.2) is 0 Å². The fourth-order valence-electron chi connectivity index (χ4n) is 4.67. The van der Waals surface area contributed by atoms with Crippen LogP contribution in [0.1, 0.15) is 47.6 Å². The molecule has 0 radical (unpaired) electrons. The van der Waals surface area contributed by atoms with Crippen molar-refractivity contribution >= 4 is 9.84 Å². The van der Waals surface area contributed by atoms with Gasteiger partial charge in [-0.25, -0.2) is 8.42 Å². The first kappa shape index (κ1) is 19.5. The number of fused-ring (bicyclic) bond motifs is 1. The van der Waals surface area contributed by atoms with E-state index in [0.717, 1.165) is 18.6 Å². The number of sulfone groups is 1. The molecule has 28 heavy (non-hydrogen) atoms. The summed E-state index contributed by atoms with van der Waals surface area (Å²) in [6.45, 7) is 4.86. The van der Waals surface area contributed by atoms with E-state index in [9.17, 15) is 8.42 Å². The standard InChI is InChI=1S/C23H29NO3S/c1-15-12-18(27-14-17-8-10-28(25,26)11-9-17)13-16(2)23(15)21-5-3-4-20-19(21)6-7-22(20)24/h3-5,12-13,17,22H,6-11,14,24H2,1-2H3/t22-/m1/s1. The first-order valence-electron chi connectivity index (χ1n) is 10.2. The van der Waals surface area contributed by atoms with Crippen LogP contribution in [0.5, 0.6) is 5.75 Å². The van der Waals surface area contributed by atoms with Crippen LogP contribution in [-0.2, 0) is 16.3 Å². The van der Waals surface area contributed by atoms with E-state index in [-0.39, 0.29) is 6.04 Å². The molecule has 4 rings (SSSR count). The Bertz CT molecular complexity index is 960. The molecular formula is C23H29NO3S. The fourth-order valence-corrected chi connectivity index (χ4v) is 6.26. The molecule has 1 atom stereocenters. The lowest BCUT2D eigenvalue weighted by atomic mass is 9.90. The van der Waals surface area contributed by atoms with Gasteiger partial charge in [-0.1, -0.05) is 18.2 Å². The van der Waals surface area contributed by atoms with Crippen LogP contribution in [0.2, 0.25) is 0 Å². The lowest BCUT2D eigenvalue weighted by molar-refractivity contribution is 0.238. The van der Waals surface area contributed by atoms with Crippen LogP contribution in [0.3, 0.4) is 0 Å². The Labute approximate surface area is 168 Å². The van der Waals surface area contributed by atoms with Gasteiger partial charge in [-0.15, -0.1) is 0 Å². The molecule has 0 saturated carbocycles. The monoisotopic (exact) mass is 399 g/mol. The normalized spacial score (nSPS) is 21.5. The first-order valence-corrected chi connectivity index (χ1v) is 12.0. The molecule has 2 aromatic carbocycles. The summed E-state index contributed by atoms with van der Waals surface area (Å²) in [5, 5.41) is 0. The second-order valence-corrected chi connectivity index (χ2v) is 10.7. The molecule has 0 unspecified atom stereocenters. The van der Waals surface area contributed by atoms with Crippen molar-refractivity contribution in [1.29, 1.82) is 0 Å². The van der Waals surface area contributed by atoms with E-state index in [1.807, 2.05) is 0 Å². The number of hydrogen-bond donors (Lipinski definition) is 1. The average Bonchev–Trinajstić information content (AvgIpc) is 3.02. The molecule has 1 heterocycles. The number of aryl methyl sites for hydroxylation is 2. The van der Waals surface area contributed by atoms with E-state index in [2.05, 4.69) is 44.2 Å². The van der Waals surface area contributed by atoms with Crippen LogP contribution < -0.4 is 10.5 Å². The van der Waals surface area contributed by atoms with Crippen molar-refractivity contribution in [3.05, 3.63) is 52.6 Å². The van der Waals surface area contributed by atoms with Gasteiger partial charge in [0, 0.05) is 6.04 Å². The van der Waals surface area contributed by atoms with Gasteiger partial charge in [-0.05, 0) is 91.0 Å². The molecule has 150 valence electrons. The van der Waals surface area contributed by atoms with E-state index < -0.39 is 9.84 Å². The van der Waals surface area contributed by atoms with E-state index in [4.69, 9.17) is 10.5 Å². The Kier molecular flexibility index (Phi) is 5.23.